The predicted molar refractivity (Wildman–Crippen MR) is 55.2 cm³/mol. The highest BCUT2D eigenvalue weighted by molar-refractivity contribution is 7.07. The molecule has 1 heterocycles. The second-order valence-corrected chi connectivity index (χ2v) is 3.58. The van der Waals surface area contributed by atoms with Crippen LogP contribution in [0.2, 0.25) is 0 Å². The molecule has 1 aromatic heterocycles. The average molecular weight is 218 g/mol. The van der Waals surface area contributed by atoms with E-state index in [-0.39, 0.29) is 16.4 Å². The van der Waals surface area contributed by atoms with Gasteiger partial charge in [-0.15, -0.1) is 5.10 Å². The fraction of sp³-hybridized carbons (Fsp3) is 0. The van der Waals surface area contributed by atoms with E-state index >= 15 is 0 Å². The first-order valence-electron chi connectivity index (χ1n) is 4.20. The first-order chi connectivity index (χ1) is 7.33. The molecule has 0 aliphatic heterocycles. The lowest BCUT2D eigenvalue weighted by molar-refractivity contribution is 0.102. The lowest BCUT2D eigenvalue weighted by Gasteiger charge is -1.95. The minimum atomic E-state index is -0.272. The Balaban J connectivity index is 2.41. The van der Waals surface area contributed by atoms with Crippen molar-refractivity contribution in [2.75, 3.05) is 0 Å². The molecule has 0 atom stereocenters. The molecule has 0 spiro atoms. The van der Waals surface area contributed by atoms with Crippen LogP contribution >= 0.6 is 11.5 Å². The van der Waals surface area contributed by atoms with Crippen LogP contribution in [-0.4, -0.2) is 21.7 Å². The quantitative estimate of drug-likeness (QED) is 0.579. The number of aldehydes is 1. The summed E-state index contributed by atoms with van der Waals surface area (Å²) >= 11 is 0.923. The number of nitrogens with zero attached hydrogens (tertiary/aromatic N) is 2. The molecule has 5 heteroatoms. The summed E-state index contributed by atoms with van der Waals surface area (Å²) in [5.41, 5.74) is 0.634. The number of benzene rings is 1. The largest absolute Gasteiger partial charge is 0.297 e. The van der Waals surface area contributed by atoms with Gasteiger partial charge in [0.2, 0.25) is 5.78 Å². The van der Waals surface area contributed by atoms with Gasteiger partial charge in [0.25, 0.3) is 0 Å². The average Bonchev–Trinajstić information content (AvgIpc) is 2.77. The Morgan fingerprint density at radius 2 is 2.00 bits per heavy atom. The molecule has 1 aromatic carbocycles. The third kappa shape index (κ3) is 1.82. The second-order valence-electron chi connectivity index (χ2n) is 2.80. The van der Waals surface area contributed by atoms with Crippen LogP contribution in [0.5, 0.6) is 0 Å². The van der Waals surface area contributed by atoms with Gasteiger partial charge < -0.3 is 0 Å². The van der Waals surface area contributed by atoms with E-state index in [9.17, 15) is 9.59 Å². The highest BCUT2D eigenvalue weighted by Crippen LogP contribution is 2.13. The minimum Gasteiger partial charge on any atom is -0.297 e. The van der Waals surface area contributed by atoms with E-state index in [4.69, 9.17) is 0 Å². The van der Waals surface area contributed by atoms with E-state index in [2.05, 4.69) is 9.59 Å². The lowest BCUT2D eigenvalue weighted by atomic mass is 10.1. The molecule has 0 radical (unpaired) electrons. The van der Waals surface area contributed by atoms with Crippen LogP contribution in [0.1, 0.15) is 25.7 Å². The maximum atomic E-state index is 11.8. The summed E-state index contributed by atoms with van der Waals surface area (Å²) in [6, 6.07) is 8.68. The Hall–Kier alpha value is -1.88. The molecule has 74 valence electrons. The fourth-order valence-electron chi connectivity index (χ4n) is 1.16. The van der Waals surface area contributed by atoms with E-state index in [1.807, 2.05) is 6.07 Å². The van der Waals surface area contributed by atoms with E-state index < -0.39 is 0 Å². The van der Waals surface area contributed by atoms with Gasteiger partial charge in [-0.1, -0.05) is 34.8 Å². The molecule has 0 bridgehead atoms. The molecule has 2 aromatic rings. The Labute approximate surface area is 89.7 Å². The summed E-state index contributed by atoms with van der Waals surface area (Å²) in [5, 5.41) is 3.65. The van der Waals surface area contributed by atoms with Crippen molar-refractivity contribution in [2.45, 2.75) is 0 Å². The van der Waals surface area contributed by atoms with Gasteiger partial charge in [0.15, 0.2) is 12.0 Å². The van der Waals surface area contributed by atoms with Crippen LogP contribution in [0.15, 0.2) is 30.3 Å². The van der Waals surface area contributed by atoms with Crippen LogP contribution in [0, 0.1) is 0 Å². The molecule has 0 aliphatic carbocycles. The van der Waals surface area contributed by atoms with Gasteiger partial charge in [-0.05, 0) is 11.5 Å². The van der Waals surface area contributed by atoms with Gasteiger partial charge >= 0.3 is 0 Å². The summed E-state index contributed by atoms with van der Waals surface area (Å²) < 4.78 is 3.58. The molecule has 0 saturated carbocycles. The van der Waals surface area contributed by atoms with Crippen molar-refractivity contribution in [2.24, 2.45) is 0 Å². The zero-order valence-corrected chi connectivity index (χ0v) is 8.40. The van der Waals surface area contributed by atoms with Gasteiger partial charge in [0, 0.05) is 5.56 Å². The summed E-state index contributed by atoms with van der Waals surface area (Å²) in [7, 11) is 0. The van der Waals surface area contributed by atoms with Crippen molar-refractivity contribution in [3.8, 4) is 0 Å². The van der Waals surface area contributed by atoms with E-state index in [0.717, 1.165) is 11.5 Å². The molecule has 0 saturated heterocycles. The second kappa shape index (κ2) is 4.10. The van der Waals surface area contributed by atoms with Crippen LogP contribution in [0.4, 0.5) is 0 Å². The number of rotatable bonds is 3. The summed E-state index contributed by atoms with van der Waals surface area (Å²) in [4.78, 5) is 22.7. The predicted octanol–water partition coefficient (Wildman–Crippen LogP) is 1.58. The first-order valence-corrected chi connectivity index (χ1v) is 4.97. The molecule has 15 heavy (non-hydrogen) atoms. The highest BCUT2D eigenvalue weighted by atomic mass is 32.1. The van der Waals surface area contributed by atoms with Crippen molar-refractivity contribution < 1.29 is 9.59 Å². The number of aromatic nitrogens is 2. The molecule has 0 fully saturated rings. The van der Waals surface area contributed by atoms with Crippen molar-refractivity contribution in [1.82, 2.24) is 9.59 Å². The Morgan fingerprint density at radius 1 is 1.27 bits per heavy atom. The summed E-state index contributed by atoms with van der Waals surface area (Å²) in [6.07, 6.45) is 0.598. The Kier molecular flexibility index (Phi) is 2.64. The fourth-order valence-corrected chi connectivity index (χ4v) is 1.63. The van der Waals surface area contributed by atoms with Gasteiger partial charge in [-0.3, -0.25) is 9.59 Å². The number of carbonyl (C=O) groups excluding carboxylic acids is 2. The lowest BCUT2D eigenvalue weighted by Crippen LogP contribution is -2.04. The number of carbonyl (C=O) groups is 2. The smallest absolute Gasteiger partial charge is 0.214 e. The van der Waals surface area contributed by atoms with E-state index in [0.29, 0.717) is 11.8 Å². The van der Waals surface area contributed by atoms with Crippen molar-refractivity contribution in [3.05, 3.63) is 46.5 Å². The molecule has 0 amide bonds. The van der Waals surface area contributed by atoms with Crippen molar-refractivity contribution in [1.29, 1.82) is 0 Å². The van der Waals surface area contributed by atoms with Crippen LogP contribution < -0.4 is 0 Å². The zero-order chi connectivity index (χ0) is 10.7. The normalized spacial score (nSPS) is 9.87. The number of ketones is 1. The third-order valence-corrected chi connectivity index (χ3v) is 2.52. The standard InChI is InChI=1S/C10H6N2O2S/c13-6-8-9(11-12-15-8)10(14)7-4-2-1-3-5-7/h1-6H. The van der Waals surface area contributed by atoms with E-state index in [1.165, 1.54) is 0 Å². The topological polar surface area (TPSA) is 59.9 Å². The molecule has 0 unspecified atom stereocenters. The molecular formula is C10H6N2O2S. The van der Waals surface area contributed by atoms with E-state index in [1.54, 1.807) is 24.3 Å². The summed E-state index contributed by atoms with van der Waals surface area (Å²) in [5.74, 6) is -0.272. The van der Waals surface area contributed by atoms with Crippen LogP contribution in [-0.2, 0) is 0 Å². The Bertz CT molecular complexity index is 493. The number of hydrogen-bond donors (Lipinski definition) is 0. The highest BCUT2D eigenvalue weighted by Gasteiger charge is 2.17. The SMILES string of the molecule is O=Cc1snnc1C(=O)c1ccccc1. The molecule has 0 aliphatic rings. The van der Waals surface area contributed by atoms with Gasteiger partial charge in [0.1, 0.15) is 4.88 Å². The maximum Gasteiger partial charge on any atom is 0.214 e. The van der Waals surface area contributed by atoms with Gasteiger partial charge in [0.05, 0.1) is 0 Å². The van der Waals surface area contributed by atoms with Crippen LogP contribution in [0.3, 0.4) is 0 Å². The maximum absolute atomic E-state index is 11.8. The molecular weight excluding hydrogens is 212 g/mol. The third-order valence-electron chi connectivity index (χ3n) is 1.87. The van der Waals surface area contributed by atoms with Gasteiger partial charge in [-0.25, -0.2) is 0 Å². The monoisotopic (exact) mass is 218 g/mol. The summed E-state index contributed by atoms with van der Waals surface area (Å²) in [6.45, 7) is 0. The van der Waals surface area contributed by atoms with Crippen LogP contribution in [0.25, 0.3) is 0 Å². The molecule has 2 rings (SSSR count). The molecule has 4 nitrogen and oxygen atoms in total. The van der Waals surface area contributed by atoms with Crippen molar-refractivity contribution >= 4 is 23.6 Å². The minimum absolute atomic E-state index is 0.126. The number of hydrogen-bond acceptors (Lipinski definition) is 5. The first kappa shape index (κ1) is 9.67. The van der Waals surface area contributed by atoms with Gasteiger partial charge in [-0.2, -0.15) is 0 Å². The Morgan fingerprint density at radius 3 is 2.67 bits per heavy atom. The molecule has 0 N–H and O–H groups in total. The zero-order valence-electron chi connectivity index (χ0n) is 7.58. The van der Waals surface area contributed by atoms with Crippen molar-refractivity contribution in [3.63, 3.8) is 0 Å².